The number of hydrogen-bond acceptors (Lipinski definition) is 8. The van der Waals surface area contributed by atoms with Crippen LogP contribution >= 0.6 is 11.6 Å². The second-order valence-electron chi connectivity index (χ2n) is 12.2. The molecule has 0 N–H and O–H groups in total. The summed E-state index contributed by atoms with van der Waals surface area (Å²) in [5.41, 5.74) is 4.49. The van der Waals surface area contributed by atoms with Crippen LogP contribution in [0.2, 0.25) is 5.02 Å². The van der Waals surface area contributed by atoms with E-state index in [9.17, 15) is 4.79 Å². The molecule has 0 atom stereocenters. The highest BCUT2D eigenvalue weighted by Crippen LogP contribution is 2.43. The molecule has 2 aromatic heterocycles. The Morgan fingerprint density at radius 1 is 1.05 bits per heavy atom. The van der Waals surface area contributed by atoms with Gasteiger partial charge in [0.25, 0.3) is 0 Å². The lowest BCUT2D eigenvalue weighted by Crippen LogP contribution is -2.31. The lowest BCUT2D eigenvalue weighted by molar-refractivity contribution is -0.161. The summed E-state index contributed by atoms with van der Waals surface area (Å²) in [6.45, 7) is 6.46. The number of carbonyl (C=O) groups excluding carboxylic acids is 1. The molecule has 2 heterocycles. The molecule has 1 aliphatic carbocycles. The summed E-state index contributed by atoms with van der Waals surface area (Å²) < 4.78 is 18.6. The van der Waals surface area contributed by atoms with Crippen LogP contribution in [0.15, 0.2) is 48.9 Å². The first kappa shape index (κ1) is 30.6. The zero-order valence-corrected chi connectivity index (χ0v) is 26.5. The fourth-order valence-corrected chi connectivity index (χ4v) is 5.94. The van der Waals surface area contributed by atoms with Crippen molar-refractivity contribution in [2.24, 2.45) is 18.9 Å². The highest BCUT2D eigenvalue weighted by Gasteiger charge is 2.30. The normalized spacial score (nSPS) is 17.1. The summed E-state index contributed by atoms with van der Waals surface area (Å²) in [5.74, 6) is 1.56. The van der Waals surface area contributed by atoms with Crippen molar-refractivity contribution in [2.45, 2.75) is 58.5 Å². The van der Waals surface area contributed by atoms with Crippen LogP contribution in [0, 0.1) is 11.8 Å². The van der Waals surface area contributed by atoms with Gasteiger partial charge in [0, 0.05) is 43.2 Å². The summed E-state index contributed by atoms with van der Waals surface area (Å²) in [7, 11) is 5.11. The third-order valence-corrected chi connectivity index (χ3v) is 8.31. The standard InChI is InChI=1S/C33H40ClN5O4/c1-33(2,3)43-32(40)22-9-7-21(8-10-22)13-14-39(29-16-25(41-5)17-30(42-6)31(29)34)24-11-12-26-27(15-24)37-28(19-35-26)23-18-36-38(4)20-23/h11-12,15-22H,7-10,13-14H2,1-6H3. The number of ether oxygens (including phenoxy) is 3. The topological polar surface area (TPSA) is 91.6 Å². The predicted molar refractivity (Wildman–Crippen MR) is 169 cm³/mol. The quantitative estimate of drug-likeness (QED) is 0.183. The van der Waals surface area contributed by atoms with Crippen LogP contribution < -0.4 is 14.4 Å². The minimum atomic E-state index is -0.464. The van der Waals surface area contributed by atoms with Gasteiger partial charge in [0.05, 0.1) is 54.9 Å². The van der Waals surface area contributed by atoms with Crippen LogP contribution in [0.5, 0.6) is 11.5 Å². The van der Waals surface area contributed by atoms with E-state index in [-0.39, 0.29) is 11.9 Å². The van der Waals surface area contributed by atoms with Crippen molar-refractivity contribution in [3.63, 3.8) is 0 Å². The van der Waals surface area contributed by atoms with Crippen molar-refractivity contribution in [3.8, 4) is 22.8 Å². The molecule has 9 nitrogen and oxygen atoms in total. The highest BCUT2D eigenvalue weighted by molar-refractivity contribution is 6.35. The molecule has 0 bridgehead atoms. The second-order valence-corrected chi connectivity index (χ2v) is 12.6. The third-order valence-electron chi connectivity index (χ3n) is 7.93. The molecule has 0 aliphatic heterocycles. The van der Waals surface area contributed by atoms with E-state index in [2.05, 4.69) is 15.0 Å². The van der Waals surface area contributed by atoms with Gasteiger partial charge in [-0.25, -0.2) is 4.98 Å². The number of anilines is 2. The number of halogens is 1. The zero-order chi connectivity index (χ0) is 30.7. The third kappa shape index (κ3) is 7.21. The van der Waals surface area contributed by atoms with E-state index in [0.717, 1.165) is 65.8 Å². The Bertz CT molecular complexity index is 1590. The van der Waals surface area contributed by atoms with E-state index in [0.29, 0.717) is 29.0 Å². The lowest BCUT2D eigenvalue weighted by Gasteiger charge is -2.32. The summed E-state index contributed by atoms with van der Waals surface area (Å²) in [5, 5.41) is 4.78. The minimum Gasteiger partial charge on any atom is -0.497 e. The smallest absolute Gasteiger partial charge is 0.309 e. The number of esters is 1. The number of fused-ring (bicyclic) bond motifs is 1. The Kier molecular flexibility index (Phi) is 9.11. The Hall–Kier alpha value is -3.85. The molecule has 1 fully saturated rings. The number of aryl methyl sites for hydroxylation is 1. The van der Waals surface area contributed by atoms with E-state index in [1.807, 2.05) is 58.3 Å². The summed E-state index contributed by atoms with van der Waals surface area (Å²) in [6.07, 6.45) is 10.0. The van der Waals surface area contributed by atoms with Crippen LogP contribution in [0.4, 0.5) is 11.4 Å². The fourth-order valence-electron chi connectivity index (χ4n) is 5.65. The molecule has 5 rings (SSSR count). The molecule has 1 saturated carbocycles. The van der Waals surface area contributed by atoms with Crippen molar-refractivity contribution in [1.29, 1.82) is 0 Å². The van der Waals surface area contributed by atoms with Gasteiger partial charge in [0.15, 0.2) is 0 Å². The van der Waals surface area contributed by atoms with Crippen molar-refractivity contribution < 1.29 is 19.0 Å². The lowest BCUT2D eigenvalue weighted by atomic mass is 9.80. The first-order chi connectivity index (χ1) is 20.5. The Morgan fingerprint density at radius 2 is 1.81 bits per heavy atom. The van der Waals surface area contributed by atoms with Gasteiger partial charge in [-0.3, -0.25) is 14.5 Å². The van der Waals surface area contributed by atoms with Crippen LogP contribution in [-0.4, -0.2) is 52.1 Å². The summed E-state index contributed by atoms with van der Waals surface area (Å²) in [4.78, 5) is 24.4. The molecular weight excluding hydrogens is 566 g/mol. The van der Waals surface area contributed by atoms with Gasteiger partial charge < -0.3 is 19.1 Å². The van der Waals surface area contributed by atoms with Crippen LogP contribution in [-0.2, 0) is 16.6 Å². The number of methoxy groups -OCH3 is 2. The maximum atomic E-state index is 12.7. The van der Waals surface area contributed by atoms with Crippen LogP contribution in [0.1, 0.15) is 52.9 Å². The van der Waals surface area contributed by atoms with E-state index >= 15 is 0 Å². The van der Waals surface area contributed by atoms with Crippen molar-refractivity contribution in [2.75, 3.05) is 25.7 Å². The van der Waals surface area contributed by atoms with Gasteiger partial charge in [-0.1, -0.05) is 11.6 Å². The summed E-state index contributed by atoms with van der Waals surface area (Å²) >= 11 is 6.93. The fraction of sp³-hybridized carbons (Fsp3) is 0.455. The first-order valence-corrected chi connectivity index (χ1v) is 15.1. The van der Waals surface area contributed by atoms with E-state index in [1.54, 1.807) is 37.4 Å². The minimum absolute atomic E-state index is 0.0308. The average molecular weight is 606 g/mol. The van der Waals surface area contributed by atoms with Gasteiger partial charge in [0.1, 0.15) is 22.1 Å². The number of carbonyl (C=O) groups is 1. The first-order valence-electron chi connectivity index (χ1n) is 14.7. The summed E-state index contributed by atoms with van der Waals surface area (Å²) in [6, 6.07) is 9.79. The Morgan fingerprint density at radius 3 is 2.47 bits per heavy atom. The maximum absolute atomic E-state index is 12.7. The number of rotatable bonds is 9. The van der Waals surface area contributed by atoms with Gasteiger partial charge in [-0.15, -0.1) is 0 Å². The second kappa shape index (κ2) is 12.8. The van der Waals surface area contributed by atoms with Crippen molar-refractivity contribution in [1.82, 2.24) is 19.7 Å². The molecule has 4 aromatic rings. The molecule has 228 valence electrons. The van der Waals surface area contributed by atoms with Crippen LogP contribution in [0.3, 0.4) is 0 Å². The highest BCUT2D eigenvalue weighted by atomic mass is 35.5. The van der Waals surface area contributed by atoms with E-state index in [1.165, 1.54) is 0 Å². The van der Waals surface area contributed by atoms with Crippen molar-refractivity contribution >= 4 is 40.0 Å². The average Bonchev–Trinajstić information content (AvgIpc) is 3.43. The molecule has 0 radical (unpaired) electrons. The zero-order valence-electron chi connectivity index (χ0n) is 25.8. The van der Waals surface area contributed by atoms with E-state index < -0.39 is 5.60 Å². The number of benzene rings is 2. The molecule has 0 spiro atoms. The molecule has 0 saturated heterocycles. The maximum Gasteiger partial charge on any atom is 0.309 e. The molecule has 0 amide bonds. The van der Waals surface area contributed by atoms with Crippen LogP contribution in [0.25, 0.3) is 22.3 Å². The van der Waals surface area contributed by atoms with Gasteiger partial charge in [-0.05, 0) is 77.0 Å². The van der Waals surface area contributed by atoms with Gasteiger partial charge in [-0.2, -0.15) is 5.10 Å². The number of hydrogen-bond donors (Lipinski definition) is 0. The largest absolute Gasteiger partial charge is 0.497 e. The molecule has 0 unspecified atom stereocenters. The SMILES string of the molecule is COc1cc(OC)c(Cl)c(N(CCC2CCC(C(=O)OC(C)(C)C)CC2)c2ccc3ncc(-c4cnn(C)c4)nc3c2)c1. The number of aromatic nitrogens is 4. The Labute approximate surface area is 258 Å². The van der Waals surface area contributed by atoms with E-state index in [4.69, 9.17) is 30.8 Å². The van der Waals surface area contributed by atoms with Crippen molar-refractivity contribution in [3.05, 3.63) is 53.9 Å². The molecule has 2 aromatic carbocycles. The Balaban J connectivity index is 1.43. The predicted octanol–water partition coefficient (Wildman–Crippen LogP) is 7.38. The van der Waals surface area contributed by atoms with Gasteiger partial charge in [0.2, 0.25) is 0 Å². The molecule has 1 aliphatic rings. The number of nitrogens with zero attached hydrogens (tertiary/aromatic N) is 5. The monoisotopic (exact) mass is 605 g/mol. The van der Waals surface area contributed by atoms with Gasteiger partial charge >= 0.3 is 5.97 Å². The molecule has 10 heteroatoms. The molecular formula is C33H40ClN5O4. The molecule has 43 heavy (non-hydrogen) atoms.